The highest BCUT2D eigenvalue weighted by Crippen LogP contribution is 2.31. The zero-order chi connectivity index (χ0) is 13.5. The van der Waals surface area contributed by atoms with E-state index in [1.807, 2.05) is 0 Å². The molecule has 1 aliphatic carbocycles. The van der Waals surface area contributed by atoms with Crippen molar-refractivity contribution in [3.63, 3.8) is 0 Å². The van der Waals surface area contributed by atoms with Crippen LogP contribution in [0.4, 0.5) is 0 Å². The minimum absolute atomic E-state index is 0.751. The molecule has 112 valence electrons. The highest BCUT2D eigenvalue weighted by Gasteiger charge is 2.27. The summed E-state index contributed by atoms with van der Waals surface area (Å²) in [6.45, 7) is 8.51. The molecule has 0 radical (unpaired) electrons. The van der Waals surface area contributed by atoms with Gasteiger partial charge in [-0.25, -0.2) is 0 Å². The summed E-state index contributed by atoms with van der Waals surface area (Å²) >= 11 is 0. The molecule has 0 bridgehead atoms. The van der Waals surface area contributed by atoms with Crippen LogP contribution < -0.4 is 5.32 Å². The first-order chi connectivity index (χ1) is 9.33. The predicted molar refractivity (Wildman–Crippen MR) is 83.5 cm³/mol. The molecule has 1 atom stereocenters. The van der Waals surface area contributed by atoms with Crippen LogP contribution in [-0.4, -0.2) is 36.6 Å². The molecule has 19 heavy (non-hydrogen) atoms. The van der Waals surface area contributed by atoms with E-state index in [-0.39, 0.29) is 0 Å². The largest absolute Gasteiger partial charge is 0.313 e. The van der Waals surface area contributed by atoms with E-state index in [1.165, 1.54) is 77.4 Å². The molecule has 2 heteroatoms. The second-order valence-electron chi connectivity index (χ2n) is 6.75. The molecule has 0 amide bonds. The predicted octanol–water partition coefficient (Wildman–Crippen LogP) is 3.81. The Morgan fingerprint density at radius 3 is 2.42 bits per heavy atom. The SMILES string of the molecule is CCCC1CCC(N2CCCNC(CCC)C2)CC1. The highest BCUT2D eigenvalue weighted by molar-refractivity contribution is 4.84. The van der Waals surface area contributed by atoms with Crippen LogP contribution in [0.1, 0.15) is 71.6 Å². The Hall–Kier alpha value is -0.0800. The summed E-state index contributed by atoms with van der Waals surface area (Å²) in [7, 11) is 0. The van der Waals surface area contributed by atoms with Gasteiger partial charge in [-0.15, -0.1) is 0 Å². The van der Waals surface area contributed by atoms with Gasteiger partial charge in [0.05, 0.1) is 0 Å². The summed E-state index contributed by atoms with van der Waals surface area (Å²) in [5.74, 6) is 1.04. The fourth-order valence-electron chi connectivity index (χ4n) is 4.11. The van der Waals surface area contributed by atoms with Gasteiger partial charge in [0.15, 0.2) is 0 Å². The summed E-state index contributed by atoms with van der Waals surface area (Å²) < 4.78 is 0. The third-order valence-corrected chi connectivity index (χ3v) is 5.18. The molecule has 1 heterocycles. The lowest BCUT2D eigenvalue weighted by molar-refractivity contribution is 0.130. The summed E-state index contributed by atoms with van der Waals surface area (Å²) in [5, 5.41) is 3.74. The van der Waals surface area contributed by atoms with E-state index in [9.17, 15) is 0 Å². The number of hydrogen-bond donors (Lipinski definition) is 1. The Morgan fingerprint density at radius 2 is 1.74 bits per heavy atom. The molecule has 2 fully saturated rings. The monoisotopic (exact) mass is 266 g/mol. The topological polar surface area (TPSA) is 15.3 Å². The van der Waals surface area contributed by atoms with Gasteiger partial charge >= 0.3 is 0 Å². The lowest BCUT2D eigenvalue weighted by atomic mass is 9.83. The second-order valence-corrected chi connectivity index (χ2v) is 6.75. The van der Waals surface area contributed by atoms with Gasteiger partial charge in [0.2, 0.25) is 0 Å². The third-order valence-electron chi connectivity index (χ3n) is 5.18. The summed E-state index contributed by atoms with van der Waals surface area (Å²) in [5.41, 5.74) is 0. The summed E-state index contributed by atoms with van der Waals surface area (Å²) in [4.78, 5) is 2.82. The average molecular weight is 266 g/mol. The van der Waals surface area contributed by atoms with Gasteiger partial charge in [-0.2, -0.15) is 0 Å². The molecule has 1 aliphatic heterocycles. The number of rotatable bonds is 5. The molecule has 1 saturated heterocycles. The Labute approximate surface area is 120 Å². The smallest absolute Gasteiger partial charge is 0.0195 e. The molecular weight excluding hydrogens is 232 g/mol. The van der Waals surface area contributed by atoms with E-state index in [4.69, 9.17) is 0 Å². The molecule has 0 aromatic carbocycles. The molecule has 2 nitrogen and oxygen atoms in total. The minimum Gasteiger partial charge on any atom is -0.313 e. The molecule has 2 rings (SSSR count). The highest BCUT2D eigenvalue weighted by atomic mass is 15.2. The maximum atomic E-state index is 3.74. The Kier molecular flexibility index (Phi) is 6.66. The maximum absolute atomic E-state index is 3.74. The van der Waals surface area contributed by atoms with Crippen molar-refractivity contribution in [3.05, 3.63) is 0 Å². The zero-order valence-electron chi connectivity index (χ0n) is 13.2. The van der Waals surface area contributed by atoms with E-state index in [1.54, 1.807) is 0 Å². The van der Waals surface area contributed by atoms with E-state index < -0.39 is 0 Å². The Morgan fingerprint density at radius 1 is 1.00 bits per heavy atom. The van der Waals surface area contributed by atoms with Crippen molar-refractivity contribution in [1.29, 1.82) is 0 Å². The summed E-state index contributed by atoms with van der Waals surface area (Å²) in [6.07, 6.45) is 12.7. The number of nitrogens with zero attached hydrogens (tertiary/aromatic N) is 1. The van der Waals surface area contributed by atoms with Crippen LogP contribution in [0.3, 0.4) is 0 Å². The maximum Gasteiger partial charge on any atom is 0.0195 e. The fourth-order valence-corrected chi connectivity index (χ4v) is 4.11. The first-order valence-corrected chi connectivity index (χ1v) is 8.80. The van der Waals surface area contributed by atoms with E-state index in [0.29, 0.717) is 0 Å². The van der Waals surface area contributed by atoms with Crippen LogP contribution in [0.2, 0.25) is 0 Å². The van der Waals surface area contributed by atoms with Gasteiger partial charge in [0, 0.05) is 18.6 Å². The van der Waals surface area contributed by atoms with Crippen LogP contribution in [0.15, 0.2) is 0 Å². The first kappa shape index (κ1) is 15.3. The normalized spacial score (nSPS) is 34.1. The molecule has 0 spiro atoms. The lowest BCUT2D eigenvalue weighted by Crippen LogP contribution is -2.44. The third kappa shape index (κ3) is 4.75. The molecule has 0 aromatic rings. The van der Waals surface area contributed by atoms with Crippen molar-refractivity contribution in [3.8, 4) is 0 Å². The van der Waals surface area contributed by atoms with Gasteiger partial charge in [0.25, 0.3) is 0 Å². The lowest BCUT2D eigenvalue weighted by Gasteiger charge is -2.37. The van der Waals surface area contributed by atoms with Crippen molar-refractivity contribution in [1.82, 2.24) is 10.2 Å². The Balaban J connectivity index is 1.80. The number of hydrogen-bond acceptors (Lipinski definition) is 2. The van der Waals surface area contributed by atoms with Crippen LogP contribution in [0.25, 0.3) is 0 Å². The average Bonchev–Trinajstić information content (AvgIpc) is 2.66. The van der Waals surface area contributed by atoms with Gasteiger partial charge in [-0.1, -0.05) is 33.1 Å². The van der Waals surface area contributed by atoms with Gasteiger partial charge in [-0.3, -0.25) is 4.90 Å². The van der Waals surface area contributed by atoms with Crippen molar-refractivity contribution in [2.75, 3.05) is 19.6 Å². The van der Waals surface area contributed by atoms with E-state index >= 15 is 0 Å². The van der Waals surface area contributed by atoms with Gasteiger partial charge in [0.1, 0.15) is 0 Å². The van der Waals surface area contributed by atoms with Crippen molar-refractivity contribution >= 4 is 0 Å². The number of nitrogens with one attached hydrogen (secondary N) is 1. The first-order valence-electron chi connectivity index (χ1n) is 8.80. The van der Waals surface area contributed by atoms with Crippen LogP contribution in [0, 0.1) is 5.92 Å². The van der Waals surface area contributed by atoms with Crippen LogP contribution in [-0.2, 0) is 0 Å². The molecule has 2 aliphatic rings. The van der Waals surface area contributed by atoms with Crippen molar-refractivity contribution in [2.45, 2.75) is 83.7 Å². The second kappa shape index (κ2) is 8.26. The molecule has 1 saturated carbocycles. The van der Waals surface area contributed by atoms with Crippen molar-refractivity contribution in [2.24, 2.45) is 5.92 Å². The minimum atomic E-state index is 0.751. The van der Waals surface area contributed by atoms with Gasteiger partial charge < -0.3 is 5.32 Å². The van der Waals surface area contributed by atoms with Crippen LogP contribution >= 0.6 is 0 Å². The summed E-state index contributed by atoms with van der Waals surface area (Å²) in [6, 6.07) is 1.65. The molecule has 0 aromatic heterocycles. The van der Waals surface area contributed by atoms with Crippen molar-refractivity contribution < 1.29 is 0 Å². The quantitative estimate of drug-likeness (QED) is 0.814. The zero-order valence-corrected chi connectivity index (χ0v) is 13.2. The molecule has 1 unspecified atom stereocenters. The molecular formula is C17H34N2. The van der Waals surface area contributed by atoms with Gasteiger partial charge in [-0.05, 0) is 57.5 Å². The van der Waals surface area contributed by atoms with E-state index in [0.717, 1.165) is 18.0 Å². The van der Waals surface area contributed by atoms with Crippen LogP contribution in [0.5, 0.6) is 0 Å². The van der Waals surface area contributed by atoms with E-state index in [2.05, 4.69) is 24.1 Å². The Bertz CT molecular complexity index is 233. The standard InChI is InChI=1S/C17H34N2/c1-3-6-15-8-10-17(11-9-15)19-13-5-12-18-16(14-19)7-4-2/h15-18H,3-14H2,1-2H3. The fraction of sp³-hybridized carbons (Fsp3) is 1.00. The molecule has 1 N–H and O–H groups in total.